The topological polar surface area (TPSA) is 78.1 Å². The minimum Gasteiger partial charge on any atom is -0.354 e. The van der Waals surface area contributed by atoms with Crippen LogP contribution in [0.3, 0.4) is 0 Å². The number of rotatable bonds is 5. The van der Waals surface area contributed by atoms with Crippen molar-refractivity contribution >= 4 is 39.4 Å². The lowest BCUT2D eigenvalue weighted by molar-refractivity contribution is 0.0782. The van der Waals surface area contributed by atoms with Gasteiger partial charge in [0.05, 0.1) is 16.4 Å². The van der Waals surface area contributed by atoms with Gasteiger partial charge < -0.3 is 24.6 Å². The fourth-order valence-electron chi connectivity index (χ4n) is 5.68. The van der Waals surface area contributed by atoms with E-state index in [4.69, 9.17) is 4.98 Å². The standard InChI is InChI=1S/C27H33N7O2/c1-30(17-18-32-13-5-6-14-32)27(36)23-24(35)19-9-10-22(33-15-11-28-12-16-33)29-25(19)34-21-8-4-3-7-20(21)31(2)26(23)34/h3-4,7-10,28H,5-6,11-18H2,1-2H3. The van der Waals surface area contributed by atoms with E-state index in [1.165, 1.54) is 12.8 Å². The molecule has 1 N–H and O–H groups in total. The first kappa shape index (κ1) is 23.0. The molecule has 0 bridgehead atoms. The minimum atomic E-state index is -0.256. The van der Waals surface area contributed by atoms with E-state index in [0.717, 1.165) is 62.7 Å². The summed E-state index contributed by atoms with van der Waals surface area (Å²) in [5.41, 5.74) is 3.03. The number of pyridine rings is 2. The lowest BCUT2D eigenvalue weighted by Gasteiger charge is -2.28. The molecule has 0 aliphatic carbocycles. The highest BCUT2D eigenvalue weighted by Gasteiger charge is 2.27. The van der Waals surface area contributed by atoms with Gasteiger partial charge in [-0.2, -0.15) is 0 Å². The molecule has 2 fully saturated rings. The maximum Gasteiger partial charge on any atom is 0.261 e. The number of piperazine rings is 1. The van der Waals surface area contributed by atoms with Crippen LogP contribution in [0.4, 0.5) is 5.82 Å². The van der Waals surface area contributed by atoms with E-state index in [-0.39, 0.29) is 16.9 Å². The minimum absolute atomic E-state index is 0.210. The van der Waals surface area contributed by atoms with Gasteiger partial charge in [0.1, 0.15) is 17.0 Å². The molecule has 0 atom stereocenters. The van der Waals surface area contributed by atoms with Crippen molar-refractivity contribution in [3.63, 3.8) is 0 Å². The highest BCUT2D eigenvalue weighted by molar-refractivity contribution is 6.05. The summed E-state index contributed by atoms with van der Waals surface area (Å²) in [4.78, 5) is 39.0. The molecule has 0 radical (unpaired) electrons. The second-order valence-corrected chi connectivity index (χ2v) is 9.96. The Kier molecular flexibility index (Phi) is 5.89. The van der Waals surface area contributed by atoms with E-state index in [2.05, 4.69) is 15.1 Å². The monoisotopic (exact) mass is 487 g/mol. The van der Waals surface area contributed by atoms with Crippen molar-refractivity contribution in [2.75, 3.05) is 64.3 Å². The van der Waals surface area contributed by atoms with Crippen molar-refractivity contribution in [2.45, 2.75) is 12.8 Å². The summed E-state index contributed by atoms with van der Waals surface area (Å²) in [6.45, 7) is 7.11. The van der Waals surface area contributed by atoms with Crippen molar-refractivity contribution in [2.24, 2.45) is 7.05 Å². The number of imidazole rings is 1. The first-order chi connectivity index (χ1) is 17.5. The largest absolute Gasteiger partial charge is 0.354 e. The highest BCUT2D eigenvalue weighted by atomic mass is 16.2. The van der Waals surface area contributed by atoms with Gasteiger partial charge in [-0.05, 0) is 50.2 Å². The van der Waals surface area contributed by atoms with E-state index in [1.807, 2.05) is 52.4 Å². The molecule has 1 amide bonds. The van der Waals surface area contributed by atoms with E-state index in [9.17, 15) is 9.59 Å². The zero-order chi connectivity index (χ0) is 24.8. The number of nitrogens with one attached hydrogen (secondary N) is 1. The van der Waals surface area contributed by atoms with Crippen molar-refractivity contribution in [1.82, 2.24) is 29.1 Å². The molecular weight excluding hydrogens is 454 g/mol. The number of aromatic nitrogens is 3. The number of amides is 1. The fraction of sp³-hybridized carbons (Fsp3) is 0.444. The van der Waals surface area contributed by atoms with Gasteiger partial charge in [0.25, 0.3) is 5.91 Å². The zero-order valence-corrected chi connectivity index (χ0v) is 21.0. The van der Waals surface area contributed by atoms with Gasteiger partial charge in [-0.15, -0.1) is 0 Å². The van der Waals surface area contributed by atoms with Gasteiger partial charge >= 0.3 is 0 Å². The first-order valence-electron chi connectivity index (χ1n) is 12.9. The molecule has 5 heterocycles. The number of benzene rings is 1. The molecule has 0 saturated carbocycles. The lowest BCUT2D eigenvalue weighted by Crippen LogP contribution is -2.44. The zero-order valence-electron chi connectivity index (χ0n) is 21.0. The van der Waals surface area contributed by atoms with Gasteiger partial charge in [-0.25, -0.2) is 4.98 Å². The maximum absolute atomic E-state index is 13.9. The van der Waals surface area contributed by atoms with Crippen LogP contribution in [0.15, 0.2) is 41.2 Å². The van der Waals surface area contributed by atoms with E-state index < -0.39 is 0 Å². The quantitative estimate of drug-likeness (QED) is 0.464. The second-order valence-electron chi connectivity index (χ2n) is 9.96. The van der Waals surface area contributed by atoms with Crippen LogP contribution in [0, 0.1) is 0 Å². The number of carbonyl (C=O) groups is 1. The predicted molar refractivity (Wildman–Crippen MR) is 143 cm³/mol. The van der Waals surface area contributed by atoms with Crippen molar-refractivity contribution < 1.29 is 4.79 Å². The number of fused-ring (bicyclic) bond motifs is 5. The number of nitrogens with zero attached hydrogens (tertiary/aromatic N) is 6. The molecule has 2 saturated heterocycles. The average Bonchev–Trinajstić information content (AvgIpc) is 3.54. The van der Waals surface area contributed by atoms with Crippen LogP contribution in [-0.2, 0) is 7.05 Å². The van der Waals surface area contributed by atoms with Gasteiger partial charge in [0, 0.05) is 53.4 Å². The molecule has 2 aliphatic heterocycles. The van der Waals surface area contributed by atoms with Crippen LogP contribution in [-0.4, -0.2) is 89.1 Å². The van der Waals surface area contributed by atoms with E-state index in [1.54, 1.807) is 11.9 Å². The molecule has 9 heteroatoms. The number of para-hydroxylation sites is 2. The van der Waals surface area contributed by atoms with Crippen LogP contribution in [0.2, 0.25) is 0 Å². The van der Waals surface area contributed by atoms with Crippen LogP contribution < -0.4 is 15.6 Å². The third-order valence-corrected chi connectivity index (χ3v) is 7.73. The molecule has 1 aromatic carbocycles. The molecule has 36 heavy (non-hydrogen) atoms. The number of likely N-dealkylation sites (tertiary alicyclic amines) is 1. The van der Waals surface area contributed by atoms with Crippen LogP contribution in [0.25, 0.3) is 27.7 Å². The number of hydrogen-bond donors (Lipinski definition) is 1. The molecule has 2 aliphatic rings. The Morgan fingerprint density at radius 1 is 1.03 bits per heavy atom. The summed E-state index contributed by atoms with van der Waals surface area (Å²) in [7, 11) is 3.72. The maximum atomic E-state index is 13.9. The molecule has 4 aromatic rings. The summed E-state index contributed by atoms with van der Waals surface area (Å²) in [6.07, 6.45) is 2.42. The summed E-state index contributed by atoms with van der Waals surface area (Å²) in [5, 5.41) is 3.84. The Morgan fingerprint density at radius 3 is 2.50 bits per heavy atom. The normalized spacial score (nSPS) is 17.0. The van der Waals surface area contributed by atoms with Crippen molar-refractivity contribution in [1.29, 1.82) is 0 Å². The molecule has 0 unspecified atom stereocenters. The van der Waals surface area contributed by atoms with Gasteiger partial charge in [0.15, 0.2) is 5.65 Å². The number of hydrogen-bond acceptors (Lipinski definition) is 6. The molecule has 188 valence electrons. The fourth-order valence-corrected chi connectivity index (χ4v) is 5.68. The summed E-state index contributed by atoms with van der Waals surface area (Å²) >= 11 is 0. The Morgan fingerprint density at radius 2 is 1.75 bits per heavy atom. The number of aryl methyl sites for hydroxylation is 1. The molecule has 0 spiro atoms. The Bertz CT molecular complexity index is 1510. The number of anilines is 1. The summed E-state index contributed by atoms with van der Waals surface area (Å²) < 4.78 is 3.95. The Labute approximate surface area is 209 Å². The molecule has 6 rings (SSSR count). The summed E-state index contributed by atoms with van der Waals surface area (Å²) in [5.74, 6) is 0.614. The third kappa shape index (κ3) is 3.74. The van der Waals surface area contributed by atoms with Crippen LogP contribution >= 0.6 is 0 Å². The Balaban J connectivity index is 1.53. The number of likely N-dealkylation sites (N-methyl/N-ethyl adjacent to an activating group) is 1. The van der Waals surface area contributed by atoms with Gasteiger partial charge in [-0.1, -0.05) is 12.1 Å². The van der Waals surface area contributed by atoms with Crippen LogP contribution in [0.1, 0.15) is 23.2 Å². The summed E-state index contributed by atoms with van der Waals surface area (Å²) in [6, 6.07) is 11.8. The second kappa shape index (κ2) is 9.22. The highest BCUT2D eigenvalue weighted by Crippen LogP contribution is 2.27. The Hall–Kier alpha value is -3.43. The smallest absolute Gasteiger partial charge is 0.261 e. The molecular formula is C27H33N7O2. The SMILES string of the molecule is CN(CCN1CCCC1)C(=O)c1c(=O)c2ccc(N3CCNCC3)nc2n2c3ccccc3n(C)c12. The molecule has 9 nitrogen and oxygen atoms in total. The van der Waals surface area contributed by atoms with Crippen molar-refractivity contribution in [3.05, 3.63) is 52.2 Å². The third-order valence-electron chi connectivity index (χ3n) is 7.73. The molecule has 3 aromatic heterocycles. The van der Waals surface area contributed by atoms with Gasteiger partial charge in [-0.3, -0.25) is 14.0 Å². The average molecular weight is 488 g/mol. The van der Waals surface area contributed by atoms with Gasteiger partial charge in [0.2, 0.25) is 5.43 Å². The predicted octanol–water partition coefficient (Wildman–Crippen LogP) is 1.92. The lowest BCUT2D eigenvalue weighted by atomic mass is 10.1. The van der Waals surface area contributed by atoms with Crippen LogP contribution in [0.5, 0.6) is 0 Å². The van der Waals surface area contributed by atoms with Crippen molar-refractivity contribution in [3.8, 4) is 0 Å². The first-order valence-corrected chi connectivity index (χ1v) is 12.9. The number of carbonyl (C=O) groups excluding carboxylic acids is 1. The van der Waals surface area contributed by atoms with E-state index in [0.29, 0.717) is 23.2 Å². The van der Waals surface area contributed by atoms with E-state index >= 15 is 0 Å².